The molecule has 12 heteroatoms. The van der Waals surface area contributed by atoms with Crippen LogP contribution in [0.3, 0.4) is 0 Å². The maximum Gasteiger partial charge on any atom is 0.573 e. The van der Waals surface area contributed by atoms with E-state index in [4.69, 9.17) is 16.9 Å². The van der Waals surface area contributed by atoms with Crippen LogP contribution >= 0.6 is 11.8 Å². The first-order valence-electron chi connectivity index (χ1n) is 11.0. The molecule has 0 saturated carbocycles. The van der Waals surface area contributed by atoms with Crippen molar-refractivity contribution in [3.05, 3.63) is 83.9 Å². The average molecular weight is 544 g/mol. The van der Waals surface area contributed by atoms with E-state index >= 15 is 0 Å². The Morgan fingerprint density at radius 1 is 0.921 bits per heavy atom. The number of nitrogens with two attached hydrogens (primary N) is 2. The van der Waals surface area contributed by atoms with E-state index < -0.39 is 6.36 Å². The van der Waals surface area contributed by atoms with Gasteiger partial charge in [-0.3, -0.25) is 0 Å². The summed E-state index contributed by atoms with van der Waals surface area (Å²) >= 11 is 1.45. The number of hydrogen-bond donors (Lipinski definition) is 3. The molecule has 0 aromatic heterocycles. The van der Waals surface area contributed by atoms with Crippen molar-refractivity contribution in [1.29, 1.82) is 5.41 Å². The minimum Gasteiger partial charge on any atom is -0.406 e. The van der Waals surface area contributed by atoms with Crippen molar-refractivity contribution in [2.45, 2.75) is 6.36 Å². The summed E-state index contributed by atoms with van der Waals surface area (Å²) in [6.07, 6.45) is -0.395. The topological polar surface area (TPSA) is 125 Å². The van der Waals surface area contributed by atoms with E-state index in [9.17, 15) is 13.2 Å². The van der Waals surface area contributed by atoms with Gasteiger partial charge in [0.15, 0.2) is 5.17 Å². The zero-order valence-electron chi connectivity index (χ0n) is 21.0. The van der Waals surface area contributed by atoms with Crippen molar-refractivity contribution in [1.82, 2.24) is 0 Å². The zero-order chi connectivity index (χ0) is 28.1. The molecule has 200 valence electrons. The second kappa shape index (κ2) is 14.4. The Kier molecular flexibility index (Phi) is 11.4. The van der Waals surface area contributed by atoms with Crippen LogP contribution in [0.2, 0.25) is 0 Å². The molecule has 5 N–H and O–H groups in total. The number of benzene rings is 3. The van der Waals surface area contributed by atoms with Gasteiger partial charge in [0, 0.05) is 31.6 Å². The number of nitrogens with one attached hydrogen (secondary N) is 1. The fraction of sp³-hybridized carbons (Fsp3) is 0.154. The fourth-order valence-corrected chi connectivity index (χ4v) is 2.91. The highest BCUT2D eigenvalue weighted by atomic mass is 32.2. The zero-order valence-corrected chi connectivity index (χ0v) is 21.8. The predicted molar refractivity (Wildman–Crippen MR) is 152 cm³/mol. The summed E-state index contributed by atoms with van der Waals surface area (Å²) in [6.45, 7) is 0. The Labute approximate surface area is 223 Å². The Morgan fingerprint density at radius 2 is 1.50 bits per heavy atom. The van der Waals surface area contributed by atoms with Gasteiger partial charge in [0.1, 0.15) is 17.9 Å². The Balaban J connectivity index is 0.000000308. The van der Waals surface area contributed by atoms with Crippen LogP contribution in [0.1, 0.15) is 11.1 Å². The maximum absolute atomic E-state index is 12.0. The molecule has 3 rings (SSSR count). The number of thioether (sulfide) groups is 1. The van der Waals surface area contributed by atoms with Crippen molar-refractivity contribution in [2.24, 2.45) is 26.4 Å². The second-order valence-electron chi connectivity index (χ2n) is 7.63. The highest BCUT2D eigenvalue weighted by Gasteiger charge is 2.30. The van der Waals surface area contributed by atoms with Gasteiger partial charge >= 0.3 is 6.36 Å². The Hall–Kier alpha value is -4.32. The lowest BCUT2D eigenvalue weighted by molar-refractivity contribution is -0.274. The smallest absolute Gasteiger partial charge is 0.406 e. The normalized spacial score (nSPS) is 12.1. The molecule has 8 nitrogen and oxygen atoms in total. The van der Waals surface area contributed by atoms with Gasteiger partial charge in [0.25, 0.3) is 0 Å². The maximum atomic E-state index is 12.0. The lowest BCUT2D eigenvalue weighted by atomic mass is 10.1. The molecule has 0 spiro atoms. The number of aliphatic imine (C=N–C) groups is 3. The van der Waals surface area contributed by atoms with Gasteiger partial charge in [-0.1, -0.05) is 36.0 Å². The highest BCUT2D eigenvalue weighted by molar-refractivity contribution is 8.13. The monoisotopic (exact) mass is 543 g/mol. The van der Waals surface area contributed by atoms with Crippen molar-refractivity contribution >= 4 is 52.4 Å². The van der Waals surface area contributed by atoms with Crippen LogP contribution < -0.4 is 21.1 Å². The molecule has 0 amide bonds. The summed E-state index contributed by atoms with van der Waals surface area (Å²) < 4.78 is 39.9. The van der Waals surface area contributed by atoms with Crippen LogP contribution in [0, 0.1) is 5.41 Å². The molecule has 0 bridgehead atoms. The molecular formula is C26H28F3N7OS. The van der Waals surface area contributed by atoms with Crippen LogP contribution in [0.15, 0.2) is 87.8 Å². The third-order valence-corrected chi connectivity index (χ3v) is 5.17. The third kappa shape index (κ3) is 10.7. The molecule has 38 heavy (non-hydrogen) atoms. The van der Waals surface area contributed by atoms with Crippen molar-refractivity contribution in [3.8, 4) is 5.75 Å². The number of alkyl halides is 3. The number of anilines is 1. The largest absolute Gasteiger partial charge is 0.573 e. The van der Waals surface area contributed by atoms with E-state index in [1.807, 2.05) is 49.5 Å². The number of amidine groups is 2. The molecule has 0 atom stereocenters. The number of hydrogen-bond acceptors (Lipinski definition) is 6. The van der Waals surface area contributed by atoms with Gasteiger partial charge in [-0.25, -0.2) is 15.0 Å². The van der Waals surface area contributed by atoms with E-state index in [1.54, 1.807) is 24.3 Å². The number of nitrogens with zero attached hydrogens (tertiary/aromatic N) is 4. The van der Waals surface area contributed by atoms with Crippen LogP contribution in [0.5, 0.6) is 5.75 Å². The highest BCUT2D eigenvalue weighted by Crippen LogP contribution is 2.24. The Morgan fingerprint density at radius 3 is 2.00 bits per heavy atom. The molecule has 0 saturated heterocycles. The molecular weight excluding hydrogens is 515 g/mol. The van der Waals surface area contributed by atoms with E-state index in [-0.39, 0.29) is 11.6 Å². The molecule has 0 fully saturated rings. The minimum absolute atomic E-state index is 0.229. The van der Waals surface area contributed by atoms with Crippen LogP contribution in [0.4, 0.5) is 30.2 Å². The predicted octanol–water partition coefficient (Wildman–Crippen LogP) is 5.71. The molecule has 3 aromatic carbocycles. The van der Waals surface area contributed by atoms with Gasteiger partial charge in [-0.2, -0.15) is 0 Å². The first-order chi connectivity index (χ1) is 18.0. The molecule has 0 unspecified atom stereocenters. The minimum atomic E-state index is -4.73. The first-order valence-corrected chi connectivity index (χ1v) is 12.2. The van der Waals surface area contributed by atoms with E-state index in [2.05, 4.69) is 19.7 Å². The van der Waals surface area contributed by atoms with Crippen molar-refractivity contribution < 1.29 is 17.9 Å². The number of ether oxygens (including phenoxy) is 1. The van der Waals surface area contributed by atoms with Gasteiger partial charge in [0.05, 0.1) is 11.4 Å². The summed E-state index contributed by atoms with van der Waals surface area (Å²) in [4.78, 5) is 14.2. The third-order valence-electron chi connectivity index (χ3n) is 4.66. The van der Waals surface area contributed by atoms with E-state index in [0.29, 0.717) is 16.4 Å². The lowest BCUT2D eigenvalue weighted by Gasteiger charge is -2.11. The van der Waals surface area contributed by atoms with Gasteiger partial charge in [-0.05, 0) is 60.4 Å². The SMILES string of the molecule is CSC(N)=Nc1ccc(N(C)C)cc1.N=Cc1ccc(C(N)=NC=Nc2ccc(OC(F)(F)F)cc2)cc1. The van der Waals surface area contributed by atoms with E-state index in [1.165, 1.54) is 36.4 Å². The number of rotatable bonds is 7. The molecule has 0 aliphatic carbocycles. The lowest BCUT2D eigenvalue weighted by Crippen LogP contribution is -2.16. The second-order valence-corrected chi connectivity index (χ2v) is 8.46. The summed E-state index contributed by atoms with van der Waals surface area (Å²) in [5.41, 5.74) is 15.3. The number of halogens is 3. The average Bonchev–Trinajstić information content (AvgIpc) is 2.89. The quantitative estimate of drug-likeness (QED) is 0.260. The summed E-state index contributed by atoms with van der Waals surface area (Å²) in [6, 6.07) is 19.9. The van der Waals surface area contributed by atoms with Crippen LogP contribution in [0.25, 0.3) is 0 Å². The fourth-order valence-electron chi connectivity index (χ4n) is 2.71. The van der Waals surface area contributed by atoms with Crippen molar-refractivity contribution in [3.63, 3.8) is 0 Å². The summed E-state index contributed by atoms with van der Waals surface area (Å²) in [5.74, 6) is -0.0944. The van der Waals surface area contributed by atoms with E-state index in [0.717, 1.165) is 29.1 Å². The molecule has 3 aromatic rings. The van der Waals surface area contributed by atoms with Crippen molar-refractivity contribution in [2.75, 3.05) is 25.3 Å². The van der Waals surface area contributed by atoms with Gasteiger partial charge < -0.3 is 26.5 Å². The van der Waals surface area contributed by atoms with Crippen LogP contribution in [-0.2, 0) is 0 Å². The standard InChI is InChI=1S/C16H13F3N4O.C10H15N3S/c17-16(18,19)24-14-7-5-13(6-8-14)22-10-23-15(21)12-3-1-11(9-20)2-4-12;1-13(2)9-6-4-8(5-7-9)12-10(11)14-3/h1-10,20H,(H2,21,22,23);4-7H,1-3H3,(H2,11,12). The Bertz CT molecular complexity index is 1260. The van der Waals surface area contributed by atoms with Gasteiger partial charge in [-0.15, -0.1) is 13.2 Å². The first kappa shape index (κ1) is 29.9. The summed E-state index contributed by atoms with van der Waals surface area (Å²) in [7, 11) is 4.02. The van der Waals surface area contributed by atoms with Gasteiger partial charge in [0.2, 0.25) is 0 Å². The van der Waals surface area contributed by atoms with Crippen LogP contribution in [-0.4, -0.2) is 50.3 Å². The summed E-state index contributed by atoms with van der Waals surface area (Å²) in [5, 5.41) is 7.70. The molecule has 0 heterocycles. The molecule has 0 aliphatic heterocycles. The molecule has 0 aliphatic rings. The molecule has 0 radical (unpaired) electrons.